The molecule has 1 nitrogen and oxygen atoms in total. The summed E-state index contributed by atoms with van der Waals surface area (Å²) in [5, 5.41) is 0. The minimum Gasteiger partial charge on any atom is -0.492 e. The first-order valence-corrected chi connectivity index (χ1v) is 5.93. The highest BCUT2D eigenvalue weighted by Gasteiger charge is 2.15. The largest absolute Gasteiger partial charge is 0.492 e. The minimum atomic E-state index is 0.582. The normalized spacial score (nSPS) is 15.1. The molecule has 0 fully saturated rings. The van der Waals surface area contributed by atoms with Gasteiger partial charge in [-0.15, -0.1) is 0 Å². The Hall–Kier alpha value is -0.500. The number of halogens is 1. The maximum atomic E-state index is 5.64. The van der Waals surface area contributed by atoms with Gasteiger partial charge in [-0.25, -0.2) is 0 Å². The fraction of sp³-hybridized carbons (Fsp3) is 0.500. The Kier molecular flexibility index (Phi) is 2.82. The predicted octanol–water partition coefficient (Wildman–Crippen LogP) is 3.90. The van der Waals surface area contributed by atoms with Crippen LogP contribution in [0.5, 0.6) is 5.75 Å². The highest BCUT2D eigenvalue weighted by molar-refractivity contribution is 9.10. The van der Waals surface area contributed by atoms with Crippen LogP contribution in [0.15, 0.2) is 16.6 Å². The van der Waals surface area contributed by atoms with Crippen molar-refractivity contribution in [2.45, 2.75) is 32.6 Å². The maximum absolute atomic E-state index is 5.64. The van der Waals surface area contributed by atoms with Crippen LogP contribution in [0.4, 0.5) is 0 Å². The minimum absolute atomic E-state index is 0.582. The molecule has 0 unspecified atom stereocenters. The zero-order chi connectivity index (χ0) is 10.1. The molecule has 0 aromatic heterocycles. The zero-order valence-electron chi connectivity index (χ0n) is 8.64. The van der Waals surface area contributed by atoms with Crippen molar-refractivity contribution < 1.29 is 4.74 Å². The van der Waals surface area contributed by atoms with Crippen molar-refractivity contribution >= 4 is 15.9 Å². The first kappa shape index (κ1) is 10.0. The van der Waals surface area contributed by atoms with Crippen molar-refractivity contribution in [1.29, 1.82) is 0 Å². The zero-order valence-corrected chi connectivity index (χ0v) is 10.2. The second-order valence-corrected chi connectivity index (χ2v) is 4.95. The van der Waals surface area contributed by atoms with E-state index in [1.165, 1.54) is 11.1 Å². The fourth-order valence-corrected chi connectivity index (χ4v) is 2.42. The van der Waals surface area contributed by atoms with Crippen LogP contribution in [0.3, 0.4) is 0 Å². The lowest BCUT2D eigenvalue weighted by Crippen LogP contribution is -2.09. The summed E-state index contributed by atoms with van der Waals surface area (Å²) in [6.07, 6.45) is 2.29. The standard InChI is InChI=1S/C12H15BrO/c1-8(2)10-6-9-4-3-5-14-12(9)11(13)7-10/h6-8H,3-5H2,1-2H3. The molecule has 0 saturated heterocycles. The maximum Gasteiger partial charge on any atom is 0.136 e. The summed E-state index contributed by atoms with van der Waals surface area (Å²) in [6, 6.07) is 4.46. The van der Waals surface area contributed by atoms with E-state index in [1.807, 2.05) is 0 Å². The van der Waals surface area contributed by atoms with Gasteiger partial charge >= 0.3 is 0 Å². The van der Waals surface area contributed by atoms with Gasteiger partial charge in [0.15, 0.2) is 0 Å². The first-order valence-electron chi connectivity index (χ1n) is 5.13. The van der Waals surface area contributed by atoms with Gasteiger partial charge in [-0.05, 0) is 51.9 Å². The number of rotatable bonds is 1. The van der Waals surface area contributed by atoms with Crippen LogP contribution in [0.1, 0.15) is 37.3 Å². The molecular formula is C12H15BrO. The van der Waals surface area contributed by atoms with E-state index in [0.717, 1.165) is 29.7 Å². The molecule has 14 heavy (non-hydrogen) atoms. The van der Waals surface area contributed by atoms with Gasteiger partial charge in [-0.1, -0.05) is 19.9 Å². The van der Waals surface area contributed by atoms with Crippen LogP contribution in [0.2, 0.25) is 0 Å². The van der Waals surface area contributed by atoms with Crippen molar-refractivity contribution in [3.05, 3.63) is 27.7 Å². The highest BCUT2D eigenvalue weighted by Crippen LogP contribution is 2.35. The molecule has 0 amide bonds. The quantitative estimate of drug-likeness (QED) is 0.739. The third kappa shape index (κ3) is 1.81. The molecule has 0 spiro atoms. The molecule has 0 aliphatic carbocycles. The summed E-state index contributed by atoms with van der Waals surface area (Å²) in [5.74, 6) is 1.64. The van der Waals surface area contributed by atoms with Crippen LogP contribution >= 0.6 is 15.9 Å². The Bertz CT molecular complexity index is 344. The SMILES string of the molecule is CC(C)c1cc(Br)c2c(c1)CCCO2. The second-order valence-electron chi connectivity index (χ2n) is 4.10. The lowest BCUT2D eigenvalue weighted by molar-refractivity contribution is 0.286. The van der Waals surface area contributed by atoms with Crippen LogP contribution in [-0.4, -0.2) is 6.61 Å². The molecule has 1 aromatic carbocycles. The van der Waals surface area contributed by atoms with Crippen molar-refractivity contribution in [3.63, 3.8) is 0 Å². The van der Waals surface area contributed by atoms with Gasteiger partial charge in [0, 0.05) is 0 Å². The number of fused-ring (bicyclic) bond motifs is 1. The van der Waals surface area contributed by atoms with Crippen LogP contribution in [-0.2, 0) is 6.42 Å². The third-order valence-electron chi connectivity index (χ3n) is 2.65. The Morgan fingerprint density at radius 1 is 1.36 bits per heavy atom. The summed E-state index contributed by atoms with van der Waals surface area (Å²) in [4.78, 5) is 0. The van der Waals surface area contributed by atoms with Crippen LogP contribution in [0, 0.1) is 0 Å². The smallest absolute Gasteiger partial charge is 0.136 e. The second kappa shape index (κ2) is 3.93. The van der Waals surface area contributed by atoms with E-state index in [9.17, 15) is 0 Å². The topological polar surface area (TPSA) is 9.23 Å². The van der Waals surface area contributed by atoms with E-state index in [4.69, 9.17) is 4.74 Å². The van der Waals surface area contributed by atoms with Gasteiger partial charge < -0.3 is 4.74 Å². The molecule has 1 heterocycles. The molecule has 0 radical (unpaired) electrons. The molecule has 0 atom stereocenters. The van der Waals surface area contributed by atoms with Crippen molar-refractivity contribution in [3.8, 4) is 5.75 Å². The van der Waals surface area contributed by atoms with Gasteiger partial charge in [0.05, 0.1) is 11.1 Å². The van der Waals surface area contributed by atoms with Crippen molar-refractivity contribution in [2.75, 3.05) is 6.61 Å². The molecular weight excluding hydrogens is 240 g/mol. The molecule has 76 valence electrons. The van der Waals surface area contributed by atoms with Crippen LogP contribution in [0.25, 0.3) is 0 Å². The molecule has 1 aliphatic rings. The number of hydrogen-bond acceptors (Lipinski definition) is 1. The van der Waals surface area contributed by atoms with Gasteiger partial charge in [0.2, 0.25) is 0 Å². The van der Waals surface area contributed by atoms with Crippen molar-refractivity contribution in [2.24, 2.45) is 0 Å². The monoisotopic (exact) mass is 254 g/mol. The summed E-state index contributed by atoms with van der Waals surface area (Å²) < 4.78 is 6.75. The van der Waals surface area contributed by atoms with E-state index in [2.05, 4.69) is 41.9 Å². The third-order valence-corrected chi connectivity index (χ3v) is 3.24. The lowest BCUT2D eigenvalue weighted by atomic mass is 9.97. The van der Waals surface area contributed by atoms with E-state index in [0.29, 0.717) is 5.92 Å². The van der Waals surface area contributed by atoms with E-state index in [1.54, 1.807) is 0 Å². The van der Waals surface area contributed by atoms with Gasteiger partial charge in [0.1, 0.15) is 5.75 Å². The number of benzene rings is 1. The Morgan fingerprint density at radius 3 is 2.86 bits per heavy atom. The number of ether oxygens (including phenoxy) is 1. The first-order chi connectivity index (χ1) is 6.68. The average Bonchev–Trinajstić information content (AvgIpc) is 2.17. The van der Waals surface area contributed by atoms with Gasteiger partial charge in [0.25, 0.3) is 0 Å². The molecule has 1 aromatic rings. The molecule has 2 rings (SSSR count). The summed E-state index contributed by atoms with van der Waals surface area (Å²) in [6.45, 7) is 5.29. The average molecular weight is 255 g/mol. The van der Waals surface area contributed by atoms with E-state index < -0.39 is 0 Å². The molecule has 0 saturated carbocycles. The fourth-order valence-electron chi connectivity index (χ4n) is 1.79. The summed E-state index contributed by atoms with van der Waals surface area (Å²) in [5.41, 5.74) is 2.75. The number of hydrogen-bond donors (Lipinski definition) is 0. The Labute approximate surface area is 93.6 Å². The highest BCUT2D eigenvalue weighted by atomic mass is 79.9. The van der Waals surface area contributed by atoms with Crippen LogP contribution < -0.4 is 4.74 Å². The summed E-state index contributed by atoms with van der Waals surface area (Å²) in [7, 11) is 0. The molecule has 0 N–H and O–H groups in total. The van der Waals surface area contributed by atoms with Gasteiger partial charge in [-0.3, -0.25) is 0 Å². The predicted molar refractivity (Wildman–Crippen MR) is 62.0 cm³/mol. The van der Waals surface area contributed by atoms with E-state index in [-0.39, 0.29) is 0 Å². The lowest BCUT2D eigenvalue weighted by Gasteiger charge is -2.20. The molecule has 1 aliphatic heterocycles. The van der Waals surface area contributed by atoms with Gasteiger partial charge in [-0.2, -0.15) is 0 Å². The van der Waals surface area contributed by atoms with Crippen molar-refractivity contribution in [1.82, 2.24) is 0 Å². The number of aryl methyl sites for hydroxylation is 1. The van der Waals surface area contributed by atoms with E-state index >= 15 is 0 Å². The Morgan fingerprint density at radius 2 is 2.14 bits per heavy atom. The molecule has 0 bridgehead atoms. The molecule has 2 heteroatoms. The summed E-state index contributed by atoms with van der Waals surface area (Å²) >= 11 is 3.58. The Balaban J connectivity index is 2.46.